The van der Waals surface area contributed by atoms with E-state index < -0.39 is 6.04 Å². The monoisotopic (exact) mass is 190 g/mol. The number of methoxy groups -OCH3 is 1. The number of hydrogen-bond donors (Lipinski definition) is 1. The zero-order valence-electron chi connectivity index (χ0n) is 8.45. The number of aryl methyl sites for hydroxylation is 1. The minimum atomic E-state index is -0.467. The Kier molecular flexibility index (Phi) is 3.49. The van der Waals surface area contributed by atoms with Crippen molar-refractivity contribution >= 4 is 0 Å². The topological polar surface area (TPSA) is 59.0 Å². The van der Waals surface area contributed by atoms with Crippen molar-refractivity contribution < 1.29 is 4.74 Å². The lowest BCUT2D eigenvalue weighted by Gasteiger charge is -2.10. The molecule has 0 saturated carbocycles. The van der Waals surface area contributed by atoms with E-state index in [2.05, 4.69) is 0 Å². The summed E-state index contributed by atoms with van der Waals surface area (Å²) in [7, 11) is 1.62. The highest BCUT2D eigenvalue weighted by atomic mass is 16.5. The highest BCUT2D eigenvalue weighted by Crippen LogP contribution is 2.20. The fraction of sp³-hybridized carbons (Fsp3) is 0.364. The number of nitrogens with two attached hydrogens (primary N) is 1. The normalized spacial score (nSPS) is 11.9. The summed E-state index contributed by atoms with van der Waals surface area (Å²) >= 11 is 0. The summed E-state index contributed by atoms with van der Waals surface area (Å²) in [5.74, 6) is 0.793. The molecule has 3 nitrogen and oxygen atoms in total. The second kappa shape index (κ2) is 4.64. The van der Waals surface area contributed by atoms with E-state index in [0.717, 1.165) is 16.9 Å². The first-order chi connectivity index (χ1) is 6.67. The van der Waals surface area contributed by atoms with Crippen LogP contribution in [0.2, 0.25) is 0 Å². The van der Waals surface area contributed by atoms with Gasteiger partial charge < -0.3 is 10.5 Å². The van der Waals surface area contributed by atoms with Gasteiger partial charge >= 0.3 is 0 Å². The maximum atomic E-state index is 8.61. The molecule has 1 rings (SSSR count). The molecule has 0 bridgehead atoms. The summed E-state index contributed by atoms with van der Waals surface area (Å²) in [6.45, 7) is 2.00. The molecule has 3 heteroatoms. The molecule has 1 aromatic carbocycles. The van der Waals surface area contributed by atoms with Crippen molar-refractivity contribution in [2.75, 3.05) is 7.11 Å². The molecule has 0 spiro atoms. The van der Waals surface area contributed by atoms with Gasteiger partial charge in [-0.05, 0) is 18.6 Å². The summed E-state index contributed by atoms with van der Waals surface area (Å²) in [4.78, 5) is 0. The fourth-order valence-electron chi connectivity index (χ4n) is 1.35. The van der Waals surface area contributed by atoms with E-state index in [1.807, 2.05) is 31.2 Å². The van der Waals surface area contributed by atoms with Crippen LogP contribution in [0.3, 0.4) is 0 Å². The Morgan fingerprint density at radius 1 is 1.57 bits per heavy atom. The molecule has 1 unspecified atom stereocenters. The molecule has 0 aromatic heterocycles. The van der Waals surface area contributed by atoms with Crippen LogP contribution in [0.15, 0.2) is 18.2 Å². The summed E-state index contributed by atoms with van der Waals surface area (Å²) < 4.78 is 5.18. The first-order valence-corrected chi connectivity index (χ1v) is 4.46. The van der Waals surface area contributed by atoms with Gasteiger partial charge in [-0.1, -0.05) is 17.7 Å². The number of rotatable bonds is 3. The zero-order chi connectivity index (χ0) is 10.6. The summed E-state index contributed by atoms with van der Waals surface area (Å²) in [6, 6.07) is 7.41. The van der Waals surface area contributed by atoms with Crippen LogP contribution in [0.4, 0.5) is 0 Å². The van der Waals surface area contributed by atoms with Crippen molar-refractivity contribution in [3.8, 4) is 11.8 Å². The van der Waals surface area contributed by atoms with Gasteiger partial charge in [-0.3, -0.25) is 0 Å². The highest BCUT2D eigenvalue weighted by Gasteiger charge is 2.07. The molecule has 74 valence electrons. The van der Waals surface area contributed by atoms with E-state index in [1.165, 1.54) is 0 Å². The number of hydrogen-bond acceptors (Lipinski definition) is 3. The van der Waals surface area contributed by atoms with Crippen molar-refractivity contribution in [1.29, 1.82) is 5.26 Å². The summed E-state index contributed by atoms with van der Waals surface area (Å²) in [6.07, 6.45) is 0.529. The van der Waals surface area contributed by atoms with Crippen LogP contribution in [0.1, 0.15) is 11.1 Å². The van der Waals surface area contributed by atoms with Crippen LogP contribution < -0.4 is 10.5 Å². The second-order valence-corrected chi connectivity index (χ2v) is 3.26. The largest absolute Gasteiger partial charge is 0.496 e. The predicted molar refractivity (Wildman–Crippen MR) is 55.0 cm³/mol. The van der Waals surface area contributed by atoms with Crippen LogP contribution in [0.5, 0.6) is 5.75 Å². The van der Waals surface area contributed by atoms with Gasteiger partial charge in [0.15, 0.2) is 0 Å². The average Bonchev–Trinajstić information content (AvgIpc) is 2.18. The molecule has 0 heterocycles. The minimum Gasteiger partial charge on any atom is -0.496 e. The Bertz CT molecular complexity index is 355. The van der Waals surface area contributed by atoms with Crippen molar-refractivity contribution in [3.63, 3.8) is 0 Å². The third kappa shape index (κ3) is 2.48. The van der Waals surface area contributed by atoms with Gasteiger partial charge in [0.05, 0.1) is 19.2 Å². The predicted octanol–water partition coefficient (Wildman–Crippen LogP) is 1.40. The van der Waals surface area contributed by atoms with Crippen LogP contribution in [0.25, 0.3) is 0 Å². The maximum absolute atomic E-state index is 8.61. The van der Waals surface area contributed by atoms with E-state index in [9.17, 15) is 0 Å². The molecule has 0 fully saturated rings. The molecular formula is C11H14N2O. The molecule has 1 aromatic rings. The van der Waals surface area contributed by atoms with Crippen molar-refractivity contribution in [2.24, 2.45) is 5.73 Å². The molecule has 0 saturated heterocycles. The standard InChI is InChI=1S/C11H14N2O/c1-8-3-4-11(14-2)9(5-8)6-10(13)7-12/h3-5,10H,6,13H2,1-2H3. The molecule has 2 N–H and O–H groups in total. The average molecular weight is 190 g/mol. The van der Waals surface area contributed by atoms with Gasteiger partial charge in [0.1, 0.15) is 5.75 Å². The van der Waals surface area contributed by atoms with Crippen LogP contribution in [-0.2, 0) is 6.42 Å². The van der Waals surface area contributed by atoms with Gasteiger partial charge in [-0.25, -0.2) is 0 Å². The lowest BCUT2D eigenvalue weighted by atomic mass is 10.0. The third-order valence-electron chi connectivity index (χ3n) is 2.04. The van der Waals surface area contributed by atoms with E-state index in [-0.39, 0.29) is 0 Å². The zero-order valence-corrected chi connectivity index (χ0v) is 8.45. The third-order valence-corrected chi connectivity index (χ3v) is 2.04. The minimum absolute atomic E-state index is 0.467. The second-order valence-electron chi connectivity index (χ2n) is 3.26. The Balaban J connectivity index is 2.94. The lowest BCUT2D eigenvalue weighted by molar-refractivity contribution is 0.409. The molecule has 0 amide bonds. The van der Waals surface area contributed by atoms with E-state index in [0.29, 0.717) is 6.42 Å². The Morgan fingerprint density at radius 2 is 2.29 bits per heavy atom. The number of nitrogens with zero attached hydrogens (tertiary/aromatic N) is 1. The first-order valence-electron chi connectivity index (χ1n) is 4.46. The van der Waals surface area contributed by atoms with Gasteiger partial charge in [0.25, 0.3) is 0 Å². The first kappa shape index (κ1) is 10.6. The Labute approximate surface area is 84.1 Å². The van der Waals surface area contributed by atoms with Gasteiger partial charge in [-0.2, -0.15) is 5.26 Å². The fourth-order valence-corrected chi connectivity index (χ4v) is 1.35. The summed E-state index contributed by atoms with van der Waals surface area (Å²) in [5, 5.41) is 8.61. The number of nitriles is 1. The van der Waals surface area contributed by atoms with Crippen molar-refractivity contribution in [1.82, 2.24) is 0 Å². The SMILES string of the molecule is COc1ccc(C)cc1CC(N)C#N. The quantitative estimate of drug-likeness (QED) is 0.783. The van der Waals surface area contributed by atoms with Gasteiger partial charge in [-0.15, -0.1) is 0 Å². The van der Waals surface area contributed by atoms with Crippen molar-refractivity contribution in [2.45, 2.75) is 19.4 Å². The van der Waals surface area contributed by atoms with E-state index >= 15 is 0 Å². The van der Waals surface area contributed by atoms with Gasteiger partial charge in [0, 0.05) is 6.42 Å². The van der Waals surface area contributed by atoms with Crippen LogP contribution in [0, 0.1) is 18.3 Å². The lowest BCUT2D eigenvalue weighted by Crippen LogP contribution is -2.20. The molecule has 0 radical (unpaired) electrons. The van der Waals surface area contributed by atoms with Crippen LogP contribution >= 0.6 is 0 Å². The summed E-state index contributed by atoms with van der Waals surface area (Å²) in [5.41, 5.74) is 7.69. The molecule has 1 atom stereocenters. The highest BCUT2D eigenvalue weighted by molar-refractivity contribution is 5.37. The number of ether oxygens (including phenoxy) is 1. The molecule has 0 aliphatic heterocycles. The van der Waals surface area contributed by atoms with Crippen molar-refractivity contribution in [3.05, 3.63) is 29.3 Å². The Morgan fingerprint density at radius 3 is 2.86 bits per heavy atom. The molecule has 0 aliphatic carbocycles. The van der Waals surface area contributed by atoms with Crippen LogP contribution in [-0.4, -0.2) is 13.2 Å². The van der Waals surface area contributed by atoms with E-state index in [1.54, 1.807) is 7.11 Å². The molecule has 14 heavy (non-hydrogen) atoms. The smallest absolute Gasteiger partial charge is 0.122 e. The number of benzene rings is 1. The van der Waals surface area contributed by atoms with Gasteiger partial charge in [0.2, 0.25) is 0 Å². The molecule has 0 aliphatic rings. The molecular weight excluding hydrogens is 176 g/mol. The maximum Gasteiger partial charge on any atom is 0.122 e. The van der Waals surface area contributed by atoms with E-state index in [4.69, 9.17) is 15.7 Å². The Hall–Kier alpha value is -1.53.